The van der Waals surface area contributed by atoms with Crippen LogP contribution in [-0.2, 0) is 17.8 Å². The molecule has 1 aliphatic carbocycles. The van der Waals surface area contributed by atoms with E-state index in [-0.39, 0.29) is 17.7 Å². The number of rotatable bonds is 2. The van der Waals surface area contributed by atoms with Gasteiger partial charge in [0.05, 0.1) is 17.5 Å². The Balaban J connectivity index is 1.41. The topological polar surface area (TPSA) is 58.4 Å². The zero-order valence-corrected chi connectivity index (χ0v) is 12.8. The number of piperazine rings is 1. The van der Waals surface area contributed by atoms with Crippen LogP contribution < -0.4 is 0 Å². The largest absolute Gasteiger partial charge is 0.339 e. The normalized spacial score (nSPS) is 21.6. The van der Waals surface area contributed by atoms with Gasteiger partial charge in [-0.15, -0.1) is 0 Å². The van der Waals surface area contributed by atoms with Crippen LogP contribution in [0.15, 0.2) is 6.20 Å². The SMILES string of the molecule is O=C(c1cnn2c1CCCC2)N1CCN(C(=O)C2CC2)CC1. The minimum atomic E-state index is 0.0849. The van der Waals surface area contributed by atoms with Crippen molar-refractivity contribution < 1.29 is 9.59 Å². The van der Waals surface area contributed by atoms with Crippen LogP contribution in [0.1, 0.15) is 41.7 Å². The Morgan fingerprint density at radius 3 is 2.45 bits per heavy atom. The summed E-state index contributed by atoms with van der Waals surface area (Å²) < 4.78 is 1.98. The summed E-state index contributed by atoms with van der Waals surface area (Å²) in [5, 5.41) is 4.35. The molecule has 2 amide bonds. The molecule has 4 rings (SSSR count). The fourth-order valence-corrected chi connectivity index (χ4v) is 3.49. The summed E-state index contributed by atoms with van der Waals surface area (Å²) >= 11 is 0. The standard InChI is InChI=1S/C16H22N4O2/c21-15(12-4-5-12)18-7-9-19(10-8-18)16(22)13-11-17-20-6-2-1-3-14(13)20/h11-12H,1-10H2. The van der Waals surface area contributed by atoms with Crippen molar-refractivity contribution in [1.82, 2.24) is 19.6 Å². The second-order valence-electron chi connectivity index (χ2n) is 6.58. The van der Waals surface area contributed by atoms with Crippen LogP contribution in [0.25, 0.3) is 0 Å². The Hall–Kier alpha value is -1.85. The molecular weight excluding hydrogens is 280 g/mol. The van der Waals surface area contributed by atoms with Crippen molar-refractivity contribution in [1.29, 1.82) is 0 Å². The first kappa shape index (κ1) is 13.8. The molecule has 0 N–H and O–H groups in total. The van der Waals surface area contributed by atoms with Gasteiger partial charge in [-0.05, 0) is 32.1 Å². The van der Waals surface area contributed by atoms with Gasteiger partial charge in [0.15, 0.2) is 0 Å². The molecule has 3 aliphatic rings. The number of amides is 2. The lowest BCUT2D eigenvalue weighted by Crippen LogP contribution is -2.51. The summed E-state index contributed by atoms with van der Waals surface area (Å²) in [6, 6.07) is 0. The van der Waals surface area contributed by atoms with Gasteiger partial charge in [0.2, 0.25) is 5.91 Å². The van der Waals surface area contributed by atoms with Crippen LogP contribution in [0.3, 0.4) is 0 Å². The summed E-state index contributed by atoms with van der Waals surface area (Å²) in [5.41, 5.74) is 1.86. The number of hydrogen-bond acceptors (Lipinski definition) is 3. The molecule has 1 saturated carbocycles. The molecule has 3 heterocycles. The molecule has 0 atom stereocenters. The molecule has 6 heteroatoms. The Labute approximate surface area is 130 Å². The Kier molecular flexibility index (Phi) is 3.39. The third kappa shape index (κ3) is 2.40. The lowest BCUT2D eigenvalue weighted by Gasteiger charge is -2.35. The second-order valence-corrected chi connectivity index (χ2v) is 6.58. The van der Waals surface area contributed by atoms with Crippen molar-refractivity contribution in [3.63, 3.8) is 0 Å². The van der Waals surface area contributed by atoms with Gasteiger partial charge in [-0.1, -0.05) is 0 Å². The highest BCUT2D eigenvalue weighted by Gasteiger charge is 2.35. The van der Waals surface area contributed by atoms with Gasteiger partial charge in [0.1, 0.15) is 0 Å². The quantitative estimate of drug-likeness (QED) is 0.816. The van der Waals surface area contributed by atoms with Crippen molar-refractivity contribution in [2.24, 2.45) is 5.92 Å². The van der Waals surface area contributed by atoms with E-state index in [1.165, 1.54) is 0 Å². The first-order valence-corrected chi connectivity index (χ1v) is 8.37. The summed E-state index contributed by atoms with van der Waals surface area (Å²) in [6.07, 6.45) is 7.03. The molecule has 1 aromatic rings. The van der Waals surface area contributed by atoms with Gasteiger partial charge in [-0.2, -0.15) is 5.10 Å². The predicted octanol–water partition coefficient (Wildman–Crippen LogP) is 0.914. The second kappa shape index (κ2) is 5.41. The highest BCUT2D eigenvalue weighted by molar-refractivity contribution is 5.95. The monoisotopic (exact) mass is 302 g/mol. The van der Waals surface area contributed by atoms with Crippen LogP contribution in [-0.4, -0.2) is 57.6 Å². The highest BCUT2D eigenvalue weighted by Crippen LogP contribution is 2.31. The van der Waals surface area contributed by atoms with E-state index in [9.17, 15) is 9.59 Å². The minimum absolute atomic E-state index is 0.0849. The summed E-state index contributed by atoms with van der Waals surface area (Å²) in [5.74, 6) is 0.640. The van der Waals surface area contributed by atoms with Crippen LogP contribution >= 0.6 is 0 Å². The van der Waals surface area contributed by atoms with Crippen molar-refractivity contribution >= 4 is 11.8 Å². The van der Waals surface area contributed by atoms with Crippen molar-refractivity contribution in [2.75, 3.05) is 26.2 Å². The predicted molar refractivity (Wildman–Crippen MR) is 80.4 cm³/mol. The van der Waals surface area contributed by atoms with E-state index in [4.69, 9.17) is 0 Å². The van der Waals surface area contributed by atoms with Gasteiger partial charge in [-0.25, -0.2) is 0 Å². The van der Waals surface area contributed by atoms with E-state index in [1.807, 2.05) is 14.5 Å². The molecule has 6 nitrogen and oxygen atoms in total. The van der Waals surface area contributed by atoms with E-state index in [1.54, 1.807) is 6.20 Å². The molecule has 2 aliphatic heterocycles. The van der Waals surface area contributed by atoms with E-state index >= 15 is 0 Å². The van der Waals surface area contributed by atoms with E-state index < -0.39 is 0 Å². The van der Waals surface area contributed by atoms with Crippen LogP contribution in [0.2, 0.25) is 0 Å². The van der Waals surface area contributed by atoms with Crippen LogP contribution in [0.5, 0.6) is 0 Å². The fourth-order valence-electron chi connectivity index (χ4n) is 3.49. The van der Waals surface area contributed by atoms with E-state index in [0.29, 0.717) is 26.2 Å². The Morgan fingerprint density at radius 1 is 1.00 bits per heavy atom. The lowest BCUT2D eigenvalue weighted by atomic mass is 10.1. The molecule has 2 fully saturated rings. The molecule has 0 spiro atoms. The van der Waals surface area contributed by atoms with Crippen LogP contribution in [0.4, 0.5) is 0 Å². The molecule has 22 heavy (non-hydrogen) atoms. The molecule has 1 saturated heterocycles. The molecule has 1 aromatic heterocycles. The third-order valence-electron chi connectivity index (χ3n) is 5.02. The first-order valence-electron chi connectivity index (χ1n) is 8.37. The average molecular weight is 302 g/mol. The number of carbonyl (C=O) groups excluding carboxylic acids is 2. The van der Waals surface area contributed by atoms with Gasteiger partial charge < -0.3 is 9.80 Å². The molecule has 0 unspecified atom stereocenters. The van der Waals surface area contributed by atoms with Gasteiger partial charge in [-0.3, -0.25) is 14.3 Å². The number of aryl methyl sites for hydroxylation is 1. The first-order chi connectivity index (χ1) is 10.7. The molecular formula is C16H22N4O2. The third-order valence-corrected chi connectivity index (χ3v) is 5.02. The van der Waals surface area contributed by atoms with Gasteiger partial charge >= 0.3 is 0 Å². The summed E-state index contributed by atoms with van der Waals surface area (Å²) in [7, 11) is 0. The number of aromatic nitrogens is 2. The number of nitrogens with zero attached hydrogens (tertiary/aromatic N) is 4. The van der Waals surface area contributed by atoms with E-state index in [2.05, 4.69) is 5.10 Å². The van der Waals surface area contributed by atoms with Crippen molar-refractivity contribution in [2.45, 2.75) is 38.6 Å². The lowest BCUT2D eigenvalue weighted by molar-refractivity contribution is -0.134. The molecule has 0 radical (unpaired) electrons. The minimum Gasteiger partial charge on any atom is -0.339 e. The Morgan fingerprint density at radius 2 is 1.73 bits per heavy atom. The average Bonchev–Trinajstić information content (AvgIpc) is 3.33. The van der Waals surface area contributed by atoms with Crippen molar-refractivity contribution in [3.05, 3.63) is 17.5 Å². The molecule has 0 aromatic carbocycles. The fraction of sp³-hybridized carbons (Fsp3) is 0.688. The molecule has 0 bridgehead atoms. The Bertz CT molecular complexity index is 597. The van der Waals surface area contributed by atoms with Crippen LogP contribution in [0, 0.1) is 5.92 Å². The van der Waals surface area contributed by atoms with Gasteiger partial charge in [0, 0.05) is 38.6 Å². The molecule has 118 valence electrons. The zero-order valence-electron chi connectivity index (χ0n) is 12.8. The maximum Gasteiger partial charge on any atom is 0.257 e. The number of fused-ring (bicyclic) bond motifs is 1. The number of carbonyl (C=O) groups is 2. The maximum atomic E-state index is 12.7. The number of hydrogen-bond donors (Lipinski definition) is 0. The zero-order chi connectivity index (χ0) is 15.1. The summed E-state index contributed by atoms with van der Waals surface area (Å²) in [4.78, 5) is 28.6. The smallest absolute Gasteiger partial charge is 0.257 e. The summed E-state index contributed by atoms with van der Waals surface area (Å²) in [6.45, 7) is 3.55. The van der Waals surface area contributed by atoms with Crippen molar-refractivity contribution in [3.8, 4) is 0 Å². The van der Waals surface area contributed by atoms with Gasteiger partial charge in [0.25, 0.3) is 5.91 Å². The van der Waals surface area contributed by atoms with E-state index in [0.717, 1.165) is 49.9 Å². The highest BCUT2D eigenvalue weighted by atomic mass is 16.2. The maximum absolute atomic E-state index is 12.7.